The van der Waals surface area contributed by atoms with Crippen LogP contribution in [0.4, 0.5) is 5.69 Å². The fourth-order valence-electron chi connectivity index (χ4n) is 6.01. The van der Waals surface area contributed by atoms with Crippen molar-refractivity contribution in [2.45, 2.75) is 30.5 Å². The fourth-order valence-corrected chi connectivity index (χ4v) is 6.94. The number of nitrogens with two attached hydrogens (primary N) is 3. The summed E-state index contributed by atoms with van der Waals surface area (Å²) in [4.78, 5) is 1.11. The van der Waals surface area contributed by atoms with Gasteiger partial charge in [-0.2, -0.15) is 0 Å². The molecule has 0 atom stereocenters. The molecule has 7 aromatic rings. The predicted molar refractivity (Wildman–Crippen MR) is 219 cm³/mol. The summed E-state index contributed by atoms with van der Waals surface area (Å²) in [5, 5.41) is 5.00. The van der Waals surface area contributed by atoms with Crippen LogP contribution in [0.15, 0.2) is 169 Å². The van der Waals surface area contributed by atoms with Crippen LogP contribution >= 0.6 is 11.8 Å². The SMILES string of the molecule is C/C=C\c1ccc(SCc2ccccc2)c(N)c1-c1ccc(CN)cc1.N/C(=C\Cc1ccc2ccccc2c1)c1ccc2ccccc2c1. The zero-order valence-corrected chi connectivity index (χ0v) is 29.2. The summed E-state index contributed by atoms with van der Waals surface area (Å²) in [6.45, 7) is 2.57. The number of allylic oxidation sites excluding steroid dienone is 2. The lowest BCUT2D eigenvalue weighted by Gasteiger charge is -2.15. The number of rotatable bonds is 9. The van der Waals surface area contributed by atoms with Crippen molar-refractivity contribution in [2.24, 2.45) is 11.5 Å². The van der Waals surface area contributed by atoms with Crippen molar-refractivity contribution in [3.8, 4) is 11.1 Å². The summed E-state index contributed by atoms with van der Waals surface area (Å²) in [6.07, 6.45) is 7.09. The van der Waals surface area contributed by atoms with Crippen LogP contribution in [0.1, 0.15) is 34.7 Å². The van der Waals surface area contributed by atoms with Crippen LogP contribution in [0.5, 0.6) is 0 Å². The van der Waals surface area contributed by atoms with Crippen molar-refractivity contribution >= 4 is 50.8 Å². The maximum Gasteiger partial charge on any atom is 0.0538 e. The van der Waals surface area contributed by atoms with Gasteiger partial charge in [-0.05, 0) is 80.4 Å². The minimum absolute atomic E-state index is 0.546. The maximum absolute atomic E-state index is 6.60. The van der Waals surface area contributed by atoms with Gasteiger partial charge in [0.25, 0.3) is 0 Å². The summed E-state index contributed by atoms with van der Waals surface area (Å²) in [5.74, 6) is 0.902. The molecule has 248 valence electrons. The summed E-state index contributed by atoms with van der Waals surface area (Å²) in [6, 6.07) is 52.8. The van der Waals surface area contributed by atoms with Crippen molar-refractivity contribution in [2.75, 3.05) is 5.73 Å². The molecule has 0 aliphatic carbocycles. The van der Waals surface area contributed by atoms with Crippen LogP contribution in [0.25, 0.3) is 44.4 Å². The number of hydrogen-bond acceptors (Lipinski definition) is 4. The average molecular weight is 670 g/mol. The van der Waals surface area contributed by atoms with Gasteiger partial charge in [0.15, 0.2) is 0 Å². The molecule has 0 spiro atoms. The molecule has 0 heterocycles. The van der Waals surface area contributed by atoms with Crippen LogP contribution in [-0.4, -0.2) is 0 Å². The highest BCUT2D eigenvalue weighted by Gasteiger charge is 2.12. The minimum Gasteiger partial charge on any atom is -0.398 e. The molecule has 0 unspecified atom stereocenters. The van der Waals surface area contributed by atoms with E-state index in [-0.39, 0.29) is 0 Å². The molecule has 7 aromatic carbocycles. The van der Waals surface area contributed by atoms with Gasteiger partial charge in [0.05, 0.1) is 5.69 Å². The zero-order chi connectivity index (χ0) is 34.7. The quantitative estimate of drug-likeness (QED) is 0.106. The van der Waals surface area contributed by atoms with E-state index in [9.17, 15) is 0 Å². The monoisotopic (exact) mass is 669 g/mol. The molecule has 0 amide bonds. The molecule has 0 radical (unpaired) electrons. The van der Waals surface area contributed by atoms with Gasteiger partial charge in [0.1, 0.15) is 0 Å². The van der Waals surface area contributed by atoms with Crippen LogP contribution in [0.3, 0.4) is 0 Å². The standard InChI is InChI=1S/C23H24N2S.C23H19N/c1-2-6-19-13-14-21(26-16-18-7-4-3-5-8-18)23(25)22(19)20-11-9-17(15-24)10-12-20;24-23(22-13-12-19-6-2-4-8-21(19)16-22)14-10-17-9-11-18-5-1-3-7-20(18)15-17/h2-14H,15-16,24-25H2,1H3;1-9,11-16H,10,24H2/b6-2-;23-14-. The lowest BCUT2D eigenvalue weighted by Crippen LogP contribution is -1.98. The molecule has 0 bridgehead atoms. The molecular formula is C46H43N3S. The molecule has 50 heavy (non-hydrogen) atoms. The van der Waals surface area contributed by atoms with Crippen LogP contribution in [0.2, 0.25) is 0 Å². The first-order valence-electron chi connectivity index (χ1n) is 17.0. The van der Waals surface area contributed by atoms with Crippen molar-refractivity contribution in [1.29, 1.82) is 0 Å². The van der Waals surface area contributed by atoms with E-state index in [0.717, 1.165) is 56.3 Å². The van der Waals surface area contributed by atoms with Gasteiger partial charge in [-0.25, -0.2) is 0 Å². The molecule has 0 aliphatic rings. The van der Waals surface area contributed by atoms with Gasteiger partial charge in [-0.1, -0.05) is 158 Å². The molecule has 6 N–H and O–H groups in total. The van der Waals surface area contributed by atoms with Crippen molar-refractivity contribution < 1.29 is 0 Å². The Kier molecular flexibility index (Phi) is 11.5. The summed E-state index contributed by atoms with van der Waals surface area (Å²) < 4.78 is 0. The van der Waals surface area contributed by atoms with E-state index >= 15 is 0 Å². The third-order valence-electron chi connectivity index (χ3n) is 8.75. The largest absolute Gasteiger partial charge is 0.398 e. The third-order valence-corrected chi connectivity index (χ3v) is 9.90. The van der Waals surface area contributed by atoms with E-state index in [0.29, 0.717) is 6.54 Å². The molecule has 0 saturated carbocycles. The third kappa shape index (κ3) is 8.53. The second kappa shape index (κ2) is 16.7. The first kappa shape index (κ1) is 34.3. The van der Waals surface area contributed by atoms with Crippen LogP contribution in [0, 0.1) is 0 Å². The Morgan fingerprint density at radius 1 is 0.620 bits per heavy atom. The van der Waals surface area contributed by atoms with E-state index in [1.807, 2.05) is 19.1 Å². The van der Waals surface area contributed by atoms with Gasteiger partial charge >= 0.3 is 0 Å². The van der Waals surface area contributed by atoms with Gasteiger partial charge in [0, 0.05) is 28.5 Å². The lowest BCUT2D eigenvalue weighted by atomic mass is 9.96. The maximum atomic E-state index is 6.60. The van der Waals surface area contributed by atoms with E-state index < -0.39 is 0 Å². The van der Waals surface area contributed by atoms with E-state index in [1.165, 1.54) is 32.7 Å². The topological polar surface area (TPSA) is 78.1 Å². The van der Waals surface area contributed by atoms with Crippen molar-refractivity contribution in [1.82, 2.24) is 0 Å². The summed E-state index contributed by atoms with van der Waals surface area (Å²) in [7, 11) is 0. The van der Waals surface area contributed by atoms with E-state index in [4.69, 9.17) is 17.2 Å². The van der Waals surface area contributed by atoms with E-state index in [2.05, 4.69) is 158 Å². The lowest BCUT2D eigenvalue weighted by molar-refractivity contribution is 1.07. The smallest absolute Gasteiger partial charge is 0.0538 e. The van der Waals surface area contributed by atoms with Crippen LogP contribution < -0.4 is 17.2 Å². The van der Waals surface area contributed by atoms with E-state index in [1.54, 1.807) is 11.8 Å². The average Bonchev–Trinajstić information content (AvgIpc) is 3.17. The minimum atomic E-state index is 0.546. The molecule has 7 rings (SSSR count). The number of thioether (sulfide) groups is 1. The van der Waals surface area contributed by atoms with Crippen molar-refractivity contribution in [3.63, 3.8) is 0 Å². The fraction of sp³-hybridized carbons (Fsp3) is 0.0870. The molecule has 0 fully saturated rings. The van der Waals surface area contributed by atoms with Gasteiger partial charge in [0.2, 0.25) is 0 Å². The zero-order valence-electron chi connectivity index (χ0n) is 28.4. The predicted octanol–water partition coefficient (Wildman–Crippen LogP) is 11.3. The second-order valence-corrected chi connectivity index (χ2v) is 13.2. The Labute approximate surface area is 300 Å². The Morgan fingerprint density at radius 2 is 1.24 bits per heavy atom. The summed E-state index contributed by atoms with van der Waals surface area (Å²) in [5.41, 5.74) is 28.4. The Bertz CT molecular complexity index is 2250. The highest BCUT2D eigenvalue weighted by atomic mass is 32.2. The Hall–Kier alpha value is -5.55. The van der Waals surface area contributed by atoms with Gasteiger partial charge in [-0.3, -0.25) is 0 Å². The Balaban J connectivity index is 0.000000173. The number of fused-ring (bicyclic) bond motifs is 2. The van der Waals surface area contributed by atoms with Gasteiger partial charge in [-0.15, -0.1) is 11.8 Å². The van der Waals surface area contributed by atoms with Crippen LogP contribution in [-0.2, 0) is 18.7 Å². The number of benzene rings is 7. The molecule has 0 aromatic heterocycles. The number of nitrogen functional groups attached to an aromatic ring is 1. The first-order chi connectivity index (χ1) is 24.5. The van der Waals surface area contributed by atoms with Gasteiger partial charge < -0.3 is 17.2 Å². The van der Waals surface area contributed by atoms with Crippen molar-refractivity contribution in [3.05, 3.63) is 192 Å². The molecule has 0 saturated heterocycles. The highest BCUT2D eigenvalue weighted by Crippen LogP contribution is 2.39. The first-order valence-corrected chi connectivity index (χ1v) is 17.9. The molecule has 4 heteroatoms. The molecule has 0 aliphatic heterocycles. The normalized spacial score (nSPS) is 11.5. The molecule has 3 nitrogen and oxygen atoms in total. The second-order valence-electron chi connectivity index (χ2n) is 12.2. The number of hydrogen-bond donors (Lipinski definition) is 3. The molecular weight excluding hydrogens is 627 g/mol. The number of anilines is 1. The highest BCUT2D eigenvalue weighted by molar-refractivity contribution is 7.98. The Morgan fingerprint density at radius 3 is 1.92 bits per heavy atom. The summed E-state index contributed by atoms with van der Waals surface area (Å²) >= 11 is 1.77.